The van der Waals surface area contributed by atoms with Crippen molar-refractivity contribution in [2.24, 2.45) is 0 Å². The Hall–Kier alpha value is -2.75. The van der Waals surface area contributed by atoms with Gasteiger partial charge in [-0.2, -0.15) is 0 Å². The van der Waals surface area contributed by atoms with E-state index in [1.54, 1.807) is 41.0 Å². The van der Waals surface area contributed by atoms with Gasteiger partial charge in [-0.15, -0.1) is 0 Å². The standard InChI is InChI=1S/C18H15NO3/c1-10(20)13-4-6-17-15(8-13)16-9-14(11(2)21)5-7-18(16)19(17)12(3)22/h4-9H,1-3H3. The van der Waals surface area contributed by atoms with Crippen LogP contribution in [0.15, 0.2) is 36.4 Å². The molecule has 0 aliphatic heterocycles. The Balaban J connectivity index is 2.50. The van der Waals surface area contributed by atoms with Crippen LogP contribution in [-0.4, -0.2) is 22.0 Å². The first kappa shape index (κ1) is 14.2. The molecule has 3 aromatic rings. The summed E-state index contributed by atoms with van der Waals surface area (Å²) in [7, 11) is 0. The summed E-state index contributed by atoms with van der Waals surface area (Å²) in [5, 5.41) is 1.61. The largest absolute Gasteiger partial charge is 0.295 e. The Morgan fingerprint density at radius 2 is 1.14 bits per heavy atom. The first-order valence-corrected chi connectivity index (χ1v) is 7.01. The summed E-state index contributed by atoms with van der Waals surface area (Å²) in [6.45, 7) is 4.51. The van der Waals surface area contributed by atoms with Gasteiger partial charge in [0.1, 0.15) is 0 Å². The highest BCUT2D eigenvalue weighted by Gasteiger charge is 2.15. The maximum Gasteiger partial charge on any atom is 0.228 e. The summed E-state index contributed by atoms with van der Waals surface area (Å²) in [5.41, 5.74) is 2.66. The maximum atomic E-state index is 12.0. The number of hydrogen-bond acceptors (Lipinski definition) is 3. The van der Waals surface area contributed by atoms with Crippen molar-refractivity contribution >= 4 is 39.3 Å². The Morgan fingerprint density at radius 1 is 0.727 bits per heavy atom. The minimum absolute atomic E-state index is 0.0339. The van der Waals surface area contributed by atoms with E-state index in [0.717, 1.165) is 21.8 Å². The minimum atomic E-state index is -0.105. The molecule has 0 atom stereocenters. The van der Waals surface area contributed by atoms with E-state index in [4.69, 9.17) is 0 Å². The average molecular weight is 293 g/mol. The van der Waals surface area contributed by atoms with Gasteiger partial charge in [0.15, 0.2) is 11.6 Å². The summed E-state index contributed by atoms with van der Waals surface area (Å²) < 4.78 is 1.61. The number of carbonyl (C=O) groups is 3. The van der Waals surface area contributed by atoms with E-state index in [1.807, 2.05) is 0 Å². The van der Waals surface area contributed by atoms with E-state index in [0.29, 0.717) is 11.1 Å². The van der Waals surface area contributed by atoms with Crippen LogP contribution < -0.4 is 0 Å². The molecule has 0 amide bonds. The lowest BCUT2D eigenvalue weighted by Crippen LogP contribution is -2.04. The van der Waals surface area contributed by atoms with Gasteiger partial charge in [0.25, 0.3) is 0 Å². The monoisotopic (exact) mass is 293 g/mol. The molecular weight excluding hydrogens is 278 g/mol. The molecule has 0 aliphatic carbocycles. The number of hydrogen-bond donors (Lipinski definition) is 0. The third-order valence-corrected chi connectivity index (χ3v) is 3.89. The van der Waals surface area contributed by atoms with Crippen LogP contribution >= 0.6 is 0 Å². The second-order valence-electron chi connectivity index (χ2n) is 5.43. The van der Waals surface area contributed by atoms with Gasteiger partial charge >= 0.3 is 0 Å². The number of rotatable bonds is 2. The molecule has 3 rings (SSSR count). The van der Waals surface area contributed by atoms with Gasteiger partial charge in [0.05, 0.1) is 11.0 Å². The summed E-state index contributed by atoms with van der Waals surface area (Å²) in [5.74, 6) is -0.173. The molecule has 0 bridgehead atoms. The molecule has 0 saturated heterocycles. The molecule has 0 spiro atoms. The fourth-order valence-electron chi connectivity index (χ4n) is 2.80. The zero-order valence-electron chi connectivity index (χ0n) is 12.6. The van der Waals surface area contributed by atoms with Crippen LogP contribution in [0, 0.1) is 0 Å². The summed E-state index contributed by atoms with van der Waals surface area (Å²) >= 11 is 0. The fourth-order valence-corrected chi connectivity index (χ4v) is 2.80. The van der Waals surface area contributed by atoms with Crippen molar-refractivity contribution in [1.82, 2.24) is 4.57 Å². The van der Waals surface area contributed by atoms with E-state index in [9.17, 15) is 14.4 Å². The Labute approximate surface area is 127 Å². The number of carbonyl (C=O) groups excluding carboxylic acids is 3. The Morgan fingerprint density at radius 3 is 1.45 bits per heavy atom. The van der Waals surface area contributed by atoms with Crippen molar-refractivity contribution in [2.75, 3.05) is 0 Å². The summed E-state index contributed by atoms with van der Waals surface area (Å²) in [6.07, 6.45) is 0. The molecule has 0 N–H and O–H groups in total. The first-order chi connectivity index (χ1) is 10.4. The normalized spacial score (nSPS) is 11.0. The van der Waals surface area contributed by atoms with Gasteiger partial charge in [-0.25, -0.2) is 0 Å². The lowest BCUT2D eigenvalue weighted by molar-refractivity contribution is 0.0945. The molecule has 22 heavy (non-hydrogen) atoms. The van der Waals surface area contributed by atoms with E-state index in [-0.39, 0.29) is 17.5 Å². The highest BCUT2D eigenvalue weighted by Crippen LogP contribution is 2.31. The molecule has 2 aromatic carbocycles. The molecule has 0 unspecified atom stereocenters. The summed E-state index contributed by atoms with van der Waals surface area (Å²) in [4.78, 5) is 35.2. The second kappa shape index (κ2) is 4.91. The molecule has 0 aliphatic rings. The molecule has 4 nitrogen and oxygen atoms in total. The lowest BCUT2D eigenvalue weighted by Gasteiger charge is -2.02. The van der Waals surface area contributed by atoms with Crippen LogP contribution in [0.4, 0.5) is 0 Å². The molecule has 4 heteroatoms. The minimum Gasteiger partial charge on any atom is -0.295 e. The topological polar surface area (TPSA) is 56.1 Å². The van der Waals surface area contributed by atoms with Crippen LogP contribution in [0.2, 0.25) is 0 Å². The highest BCUT2D eigenvalue weighted by atomic mass is 16.2. The van der Waals surface area contributed by atoms with Crippen molar-refractivity contribution in [2.45, 2.75) is 20.8 Å². The van der Waals surface area contributed by atoms with E-state index >= 15 is 0 Å². The number of aromatic nitrogens is 1. The Bertz CT molecular complexity index is 892. The van der Waals surface area contributed by atoms with E-state index < -0.39 is 0 Å². The van der Waals surface area contributed by atoms with Gasteiger partial charge in [-0.3, -0.25) is 19.0 Å². The van der Waals surface area contributed by atoms with Crippen molar-refractivity contribution in [3.05, 3.63) is 47.5 Å². The zero-order chi connectivity index (χ0) is 16.0. The molecule has 0 saturated carbocycles. The van der Waals surface area contributed by atoms with Gasteiger partial charge in [-0.1, -0.05) is 0 Å². The molecular formula is C18H15NO3. The van der Waals surface area contributed by atoms with Gasteiger partial charge in [0, 0.05) is 28.8 Å². The van der Waals surface area contributed by atoms with Gasteiger partial charge in [-0.05, 0) is 50.2 Å². The quantitative estimate of drug-likeness (QED) is 0.674. The van der Waals surface area contributed by atoms with Crippen LogP contribution in [0.25, 0.3) is 21.8 Å². The SMILES string of the molecule is CC(=O)c1ccc2c(c1)c1cc(C(C)=O)ccc1n2C(C)=O. The van der Waals surface area contributed by atoms with Crippen LogP contribution in [0.3, 0.4) is 0 Å². The van der Waals surface area contributed by atoms with E-state index in [2.05, 4.69) is 0 Å². The number of Topliss-reactive ketones (excluding diaryl/α,β-unsaturated/α-hetero) is 2. The fraction of sp³-hybridized carbons (Fsp3) is 0.167. The van der Waals surface area contributed by atoms with Crippen LogP contribution in [-0.2, 0) is 0 Å². The third kappa shape index (κ3) is 2.04. The second-order valence-corrected chi connectivity index (χ2v) is 5.43. The lowest BCUT2D eigenvalue weighted by atomic mass is 10.0. The van der Waals surface area contributed by atoms with Crippen molar-refractivity contribution in [3.8, 4) is 0 Å². The number of ketones is 2. The average Bonchev–Trinajstić information content (AvgIpc) is 2.79. The smallest absolute Gasteiger partial charge is 0.228 e. The van der Waals surface area contributed by atoms with Crippen molar-refractivity contribution in [1.29, 1.82) is 0 Å². The maximum absolute atomic E-state index is 12.0. The number of fused-ring (bicyclic) bond motifs is 3. The number of nitrogens with zero attached hydrogens (tertiary/aromatic N) is 1. The van der Waals surface area contributed by atoms with Gasteiger partial charge in [0.2, 0.25) is 5.91 Å². The van der Waals surface area contributed by atoms with Crippen LogP contribution in [0.5, 0.6) is 0 Å². The zero-order valence-corrected chi connectivity index (χ0v) is 12.6. The third-order valence-electron chi connectivity index (χ3n) is 3.89. The number of benzene rings is 2. The van der Waals surface area contributed by atoms with Gasteiger partial charge < -0.3 is 0 Å². The highest BCUT2D eigenvalue weighted by molar-refractivity contribution is 6.16. The predicted octanol–water partition coefficient (Wildman–Crippen LogP) is 3.86. The van der Waals surface area contributed by atoms with Crippen molar-refractivity contribution < 1.29 is 14.4 Å². The van der Waals surface area contributed by atoms with Crippen LogP contribution in [0.1, 0.15) is 46.3 Å². The summed E-state index contributed by atoms with van der Waals surface area (Å²) in [6, 6.07) is 10.6. The van der Waals surface area contributed by atoms with Crippen molar-refractivity contribution in [3.63, 3.8) is 0 Å². The first-order valence-electron chi connectivity index (χ1n) is 7.01. The Kier molecular flexibility index (Phi) is 3.17. The van der Waals surface area contributed by atoms with E-state index in [1.165, 1.54) is 20.8 Å². The molecule has 110 valence electrons. The predicted molar refractivity (Wildman–Crippen MR) is 85.8 cm³/mol. The molecule has 1 heterocycles. The molecule has 0 radical (unpaired) electrons. The molecule has 0 fully saturated rings. The molecule has 1 aromatic heterocycles.